The number of nitrogens with two attached hydrogens (primary N) is 1. The molecule has 0 heterocycles. The Morgan fingerprint density at radius 1 is 1.19 bits per heavy atom. The van der Waals surface area contributed by atoms with E-state index in [0.29, 0.717) is 17.8 Å². The molecule has 21 heavy (non-hydrogen) atoms. The fraction of sp³-hybridized carbons (Fsp3) is 0.235. The van der Waals surface area contributed by atoms with E-state index in [1.807, 2.05) is 31.2 Å². The van der Waals surface area contributed by atoms with Crippen LogP contribution in [0.3, 0.4) is 0 Å². The zero-order chi connectivity index (χ0) is 15.4. The molecular weight excluding hydrogens is 264 g/mol. The van der Waals surface area contributed by atoms with Crippen LogP contribution in [-0.2, 0) is 6.54 Å². The van der Waals surface area contributed by atoms with E-state index in [0.717, 1.165) is 16.9 Å². The third-order valence-corrected chi connectivity index (χ3v) is 3.53. The molecule has 1 amide bonds. The number of hydrogen-bond acceptors (Lipinski definition) is 3. The largest absolute Gasteiger partial charge is 0.497 e. The van der Waals surface area contributed by atoms with Crippen molar-refractivity contribution in [3.63, 3.8) is 0 Å². The number of rotatable bonds is 4. The summed E-state index contributed by atoms with van der Waals surface area (Å²) in [6.07, 6.45) is 0. The van der Waals surface area contributed by atoms with E-state index in [9.17, 15) is 4.79 Å². The smallest absolute Gasteiger partial charge is 0.254 e. The van der Waals surface area contributed by atoms with E-state index in [2.05, 4.69) is 0 Å². The number of anilines is 1. The molecule has 2 aromatic rings. The lowest BCUT2D eigenvalue weighted by Gasteiger charge is -2.19. The Morgan fingerprint density at radius 3 is 2.48 bits per heavy atom. The van der Waals surface area contributed by atoms with Gasteiger partial charge in [0, 0.05) is 24.8 Å². The molecule has 0 spiro atoms. The van der Waals surface area contributed by atoms with Crippen molar-refractivity contribution in [2.75, 3.05) is 19.9 Å². The molecule has 0 aliphatic heterocycles. The van der Waals surface area contributed by atoms with Gasteiger partial charge in [0.05, 0.1) is 7.11 Å². The first-order chi connectivity index (χ1) is 10.0. The Hall–Kier alpha value is -2.49. The average Bonchev–Trinajstić information content (AvgIpc) is 2.50. The second-order valence-electron chi connectivity index (χ2n) is 5.03. The van der Waals surface area contributed by atoms with Crippen LogP contribution >= 0.6 is 0 Å². The molecule has 0 unspecified atom stereocenters. The maximum absolute atomic E-state index is 12.5. The normalized spacial score (nSPS) is 10.2. The number of nitrogen functional groups attached to an aromatic ring is 1. The number of carbonyl (C=O) groups excluding carboxylic acids is 1. The minimum atomic E-state index is -0.0318. The Morgan fingerprint density at radius 2 is 1.86 bits per heavy atom. The number of hydrogen-bond donors (Lipinski definition) is 1. The van der Waals surface area contributed by atoms with Gasteiger partial charge in [-0.1, -0.05) is 18.2 Å². The summed E-state index contributed by atoms with van der Waals surface area (Å²) in [5.74, 6) is 0.773. The molecule has 0 aromatic heterocycles. The topological polar surface area (TPSA) is 55.6 Å². The second-order valence-corrected chi connectivity index (χ2v) is 5.03. The van der Waals surface area contributed by atoms with Crippen molar-refractivity contribution < 1.29 is 9.53 Å². The van der Waals surface area contributed by atoms with Gasteiger partial charge in [-0.25, -0.2) is 0 Å². The van der Waals surface area contributed by atoms with Crippen LogP contribution in [0.25, 0.3) is 0 Å². The van der Waals surface area contributed by atoms with Crippen molar-refractivity contribution in [3.05, 3.63) is 59.2 Å². The highest BCUT2D eigenvalue weighted by Gasteiger charge is 2.15. The standard InChI is InChI=1S/C17H20N2O2/c1-12-15(5-4-6-16(12)18)17(20)19(2)11-13-7-9-14(21-3)10-8-13/h4-10H,11,18H2,1-3H3. The van der Waals surface area contributed by atoms with Gasteiger partial charge in [0.2, 0.25) is 0 Å². The highest BCUT2D eigenvalue weighted by Crippen LogP contribution is 2.18. The van der Waals surface area contributed by atoms with Gasteiger partial charge >= 0.3 is 0 Å². The van der Waals surface area contributed by atoms with Gasteiger partial charge < -0.3 is 15.4 Å². The minimum absolute atomic E-state index is 0.0318. The van der Waals surface area contributed by atoms with E-state index >= 15 is 0 Å². The van der Waals surface area contributed by atoms with Gasteiger partial charge in [0.1, 0.15) is 5.75 Å². The lowest BCUT2D eigenvalue weighted by Crippen LogP contribution is -2.27. The third kappa shape index (κ3) is 3.34. The van der Waals surface area contributed by atoms with Crippen LogP contribution < -0.4 is 10.5 Å². The molecule has 0 bridgehead atoms. The molecule has 2 aromatic carbocycles. The van der Waals surface area contributed by atoms with Crippen LogP contribution in [0.1, 0.15) is 21.5 Å². The summed E-state index contributed by atoms with van der Waals surface area (Å²) in [6.45, 7) is 2.40. The minimum Gasteiger partial charge on any atom is -0.497 e. The van der Waals surface area contributed by atoms with Gasteiger partial charge in [-0.2, -0.15) is 0 Å². The number of ether oxygens (including phenoxy) is 1. The number of benzene rings is 2. The average molecular weight is 284 g/mol. The summed E-state index contributed by atoms with van der Waals surface area (Å²) in [4.78, 5) is 14.2. The molecule has 0 saturated carbocycles. The second kappa shape index (κ2) is 6.31. The zero-order valence-corrected chi connectivity index (χ0v) is 12.6. The van der Waals surface area contributed by atoms with E-state index in [4.69, 9.17) is 10.5 Å². The highest BCUT2D eigenvalue weighted by atomic mass is 16.5. The lowest BCUT2D eigenvalue weighted by atomic mass is 10.1. The molecule has 0 radical (unpaired) electrons. The molecule has 0 aliphatic carbocycles. The molecule has 2 N–H and O–H groups in total. The van der Waals surface area contributed by atoms with Crippen molar-refractivity contribution >= 4 is 11.6 Å². The van der Waals surface area contributed by atoms with Gasteiger partial charge in [-0.15, -0.1) is 0 Å². The maximum Gasteiger partial charge on any atom is 0.254 e. The lowest BCUT2D eigenvalue weighted by molar-refractivity contribution is 0.0784. The SMILES string of the molecule is COc1ccc(CN(C)C(=O)c2cccc(N)c2C)cc1. The van der Waals surface area contributed by atoms with Crippen LogP contribution in [0, 0.1) is 6.92 Å². The summed E-state index contributed by atoms with van der Waals surface area (Å²) < 4.78 is 5.13. The molecule has 0 atom stereocenters. The van der Waals surface area contributed by atoms with Crippen LogP contribution in [0.2, 0.25) is 0 Å². The Bertz CT molecular complexity index is 636. The molecule has 110 valence electrons. The van der Waals surface area contributed by atoms with Crippen molar-refractivity contribution in [1.29, 1.82) is 0 Å². The summed E-state index contributed by atoms with van der Waals surface area (Å²) in [7, 11) is 3.42. The van der Waals surface area contributed by atoms with Gasteiger partial charge in [-0.05, 0) is 42.3 Å². The first kappa shape index (κ1) is 14.9. The summed E-state index contributed by atoms with van der Waals surface area (Å²) in [5.41, 5.74) is 9.01. The van der Waals surface area contributed by atoms with Crippen LogP contribution in [0.15, 0.2) is 42.5 Å². The zero-order valence-electron chi connectivity index (χ0n) is 12.6. The van der Waals surface area contributed by atoms with Crippen LogP contribution in [0.4, 0.5) is 5.69 Å². The molecule has 2 rings (SSSR count). The van der Waals surface area contributed by atoms with Crippen LogP contribution in [0.5, 0.6) is 5.75 Å². The number of nitrogens with zero attached hydrogens (tertiary/aromatic N) is 1. The van der Waals surface area contributed by atoms with Gasteiger partial charge in [-0.3, -0.25) is 4.79 Å². The van der Waals surface area contributed by atoms with Gasteiger partial charge in [0.25, 0.3) is 5.91 Å². The van der Waals surface area contributed by atoms with Crippen molar-refractivity contribution in [1.82, 2.24) is 4.90 Å². The molecular formula is C17H20N2O2. The van der Waals surface area contributed by atoms with Gasteiger partial charge in [0.15, 0.2) is 0 Å². The fourth-order valence-corrected chi connectivity index (χ4v) is 2.17. The van der Waals surface area contributed by atoms with E-state index in [-0.39, 0.29) is 5.91 Å². The fourth-order valence-electron chi connectivity index (χ4n) is 2.17. The molecule has 4 heteroatoms. The summed E-state index contributed by atoms with van der Waals surface area (Å²) >= 11 is 0. The Balaban J connectivity index is 2.13. The number of carbonyl (C=O) groups is 1. The van der Waals surface area contributed by atoms with E-state index in [1.165, 1.54) is 0 Å². The number of methoxy groups -OCH3 is 1. The Labute approximate surface area is 125 Å². The van der Waals surface area contributed by atoms with Crippen molar-refractivity contribution in [2.45, 2.75) is 13.5 Å². The predicted octanol–water partition coefficient (Wildman–Crippen LogP) is 2.86. The Kier molecular flexibility index (Phi) is 4.48. The predicted molar refractivity (Wildman–Crippen MR) is 84.4 cm³/mol. The third-order valence-electron chi connectivity index (χ3n) is 3.53. The first-order valence-electron chi connectivity index (χ1n) is 6.76. The summed E-state index contributed by atoms with van der Waals surface area (Å²) in [5, 5.41) is 0. The van der Waals surface area contributed by atoms with E-state index in [1.54, 1.807) is 37.3 Å². The number of amides is 1. The summed E-state index contributed by atoms with van der Waals surface area (Å²) in [6, 6.07) is 13.1. The molecule has 0 aliphatic rings. The quantitative estimate of drug-likeness (QED) is 0.878. The van der Waals surface area contributed by atoms with Crippen molar-refractivity contribution in [2.24, 2.45) is 0 Å². The molecule has 4 nitrogen and oxygen atoms in total. The maximum atomic E-state index is 12.5. The first-order valence-corrected chi connectivity index (χ1v) is 6.76. The molecule has 0 fully saturated rings. The monoisotopic (exact) mass is 284 g/mol. The van der Waals surface area contributed by atoms with E-state index < -0.39 is 0 Å². The van der Waals surface area contributed by atoms with Crippen LogP contribution in [-0.4, -0.2) is 25.0 Å². The highest BCUT2D eigenvalue weighted by molar-refractivity contribution is 5.96. The van der Waals surface area contributed by atoms with Crippen molar-refractivity contribution in [3.8, 4) is 5.75 Å². The molecule has 0 saturated heterocycles.